The molecule has 4 atom stereocenters. The molecule has 0 spiro atoms. The second kappa shape index (κ2) is 9.67. The van der Waals surface area contributed by atoms with Gasteiger partial charge in [-0.25, -0.2) is 18.9 Å². The highest BCUT2D eigenvalue weighted by atomic mass is 31.2. The number of aromatic amines is 1. The summed E-state index contributed by atoms with van der Waals surface area (Å²) < 4.78 is 43.5. The van der Waals surface area contributed by atoms with Crippen molar-refractivity contribution < 1.29 is 27.6 Å². The quantitative estimate of drug-likeness (QED) is 0.262. The molecule has 2 aliphatic rings. The molecular weight excluding hydrogens is 528 g/mol. The van der Waals surface area contributed by atoms with E-state index in [2.05, 4.69) is 30.2 Å². The lowest BCUT2D eigenvalue weighted by molar-refractivity contribution is -0.0162. The van der Waals surface area contributed by atoms with E-state index >= 15 is 0 Å². The Morgan fingerprint density at radius 3 is 2.72 bits per heavy atom. The first-order valence-corrected chi connectivity index (χ1v) is 14.2. The fourth-order valence-corrected chi connectivity index (χ4v) is 6.60. The first kappa shape index (κ1) is 25.9. The maximum Gasteiger partial charge on any atom is 0.472 e. The number of ether oxygens (including phenoxy) is 1. The summed E-state index contributed by atoms with van der Waals surface area (Å²) in [6, 6.07) is 2.95. The Balaban J connectivity index is 1.38. The van der Waals surface area contributed by atoms with Gasteiger partial charge in [0.15, 0.2) is 5.75 Å². The number of phosphoric ester groups is 1. The van der Waals surface area contributed by atoms with Gasteiger partial charge in [0.05, 0.1) is 41.2 Å². The predicted molar refractivity (Wildman–Crippen MR) is 142 cm³/mol. The van der Waals surface area contributed by atoms with E-state index in [9.17, 15) is 13.8 Å². The van der Waals surface area contributed by atoms with E-state index < -0.39 is 25.8 Å². The van der Waals surface area contributed by atoms with Crippen LogP contribution in [-0.4, -0.2) is 62.2 Å². The number of aryl methyl sites for hydroxylation is 1. The minimum Gasteiger partial charge on any atom is -0.421 e. The Bertz CT molecular complexity index is 1600. The minimum absolute atomic E-state index is 0.0101. The summed E-state index contributed by atoms with van der Waals surface area (Å²) in [5.41, 5.74) is 1.76. The predicted octanol–water partition coefficient (Wildman–Crippen LogP) is 4.55. The number of anilines is 2. The van der Waals surface area contributed by atoms with Crippen LogP contribution in [0.15, 0.2) is 24.5 Å². The van der Waals surface area contributed by atoms with E-state index in [4.69, 9.17) is 18.8 Å². The molecule has 206 valence electrons. The Morgan fingerprint density at radius 1 is 1.23 bits per heavy atom. The number of H-pyrrole nitrogens is 1. The van der Waals surface area contributed by atoms with Crippen LogP contribution in [0.5, 0.6) is 11.8 Å². The summed E-state index contributed by atoms with van der Waals surface area (Å²) in [6.45, 7) is 6.30. The molecular formula is C25H29FN7O5P. The normalized spacial score (nSPS) is 22.2. The summed E-state index contributed by atoms with van der Waals surface area (Å²) in [5.74, 6) is 1.41. The number of fused-ring (bicyclic) bond motifs is 4. The fraction of sp³-hybridized carbons (Fsp3) is 0.440. The molecule has 1 aromatic carbocycles. The fourth-order valence-electron chi connectivity index (χ4n) is 5.44. The molecule has 14 heteroatoms. The molecule has 1 aliphatic heterocycles. The number of halogens is 1. The van der Waals surface area contributed by atoms with E-state index in [0.29, 0.717) is 64.5 Å². The van der Waals surface area contributed by atoms with Gasteiger partial charge in [-0.3, -0.25) is 9.05 Å². The summed E-state index contributed by atoms with van der Waals surface area (Å²) in [7, 11) is -2.45. The first-order chi connectivity index (χ1) is 18.6. The molecule has 0 bridgehead atoms. The van der Waals surface area contributed by atoms with Crippen molar-refractivity contribution in [1.29, 1.82) is 0 Å². The highest BCUT2D eigenvalue weighted by molar-refractivity contribution is 7.47. The van der Waals surface area contributed by atoms with Crippen LogP contribution in [0.3, 0.4) is 0 Å². The molecule has 3 aromatic heterocycles. The van der Waals surface area contributed by atoms with Crippen LogP contribution in [-0.2, 0) is 13.6 Å². The number of nitrogens with zero attached hydrogens (tertiary/aromatic N) is 5. The Kier molecular flexibility index (Phi) is 6.41. The van der Waals surface area contributed by atoms with Gasteiger partial charge in [0.25, 0.3) is 0 Å². The van der Waals surface area contributed by atoms with Crippen LogP contribution >= 0.6 is 7.82 Å². The van der Waals surface area contributed by atoms with Gasteiger partial charge in [0, 0.05) is 31.4 Å². The number of aromatic nitrogens is 5. The van der Waals surface area contributed by atoms with Gasteiger partial charge < -0.3 is 24.8 Å². The largest absolute Gasteiger partial charge is 0.472 e. The van der Waals surface area contributed by atoms with Crippen LogP contribution in [0.4, 0.5) is 15.9 Å². The van der Waals surface area contributed by atoms with Gasteiger partial charge >= 0.3 is 13.8 Å². The molecule has 6 rings (SSSR count). The van der Waals surface area contributed by atoms with Gasteiger partial charge in [-0.1, -0.05) is 0 Å². The smallest absolute Gasteiger partial charge is 0.421 e. The van der Waals surface area contributed by atoms with Crippen molar-refractivity contribution in [1.82, 2.24) is 24.9 Å². The van der Waals surface area contributed by atoms with Gasteiger partial charge in [-0.15, -0.1) is 0 Å². The van der Waals surface area contributed by atoms with Crippen molar-refractivity contribution in [2.75, 3.05) is 30.4 Å². The average molecular weight is 558 g/mol. The van der Waals surface area contributed by atoms with Crippen molar-refractivity contribution in [3.63, 3.8) is 0 Å². The maximum atomic E-state index is 14.6. The highest BCUT2D eigenvalue weighted by Crippen LogP contribution is 2.54. The molecule has 1 saturated heterocycles. The summed E-state index contributed by atoms with van der Waals surface area (Å²) in [5, 5.41) is 4.31. The lowest BCUT2D eigenvalue weighted by Gasteiger charge is -2.39. The second-order valence-electron chi connectivity index (χ2n) is 10.2. The molecule has 39 heavy (non-hydrogen) atoms. The van der Waals surface area contributed by atoms with Crippen molar-refractivity contribution in [3.8, 4) is 11.8 Å². The SMILES string of the molecule is CNc1cc(F)cc2c1[nH]c1nc(Oc3cnc(C)nc3)nc(N3CC4CC(OP(=O)(O)OC(C)C)C4C3)c12. The van der Waals surface area contributed by atoms with Gasteiger partial charge in [-0.2, -0.15) is 9.97 Å². The lowest BCUT2D eigenvalue weighted by atomic mass is 9.74. The van der Waals surface area contributed by atoms with Crippen LogP contribution in [0.25, 0.3) is 21.9 Å². The maximum absolute atomic E-state index is 14.6. The number of hydrogen-bond donors (Lipinski definition) is 3. The lowest BCUT2D eigenvalue weighted by Crippen LogP contribution is -2.41. The first-order valence-electron chi connectivity index (χ1n) is 12.7. The van der Waals surface area contributed by atoms with Crippen LogP contribution in [0, 0.1) is 24.6 Å². The van der Waals surface area contributed by atoms with E-state index in [1.165, 1.54) is 12.1 Å². The van der Waals surface area contributed by atoms with Crippen LogP contribution in [0.2, 0.25) is 0 Å². The third-order valence-electron chi connectivity index (χ3n) is 7.14. The zero-order valence-electron chi connectivity index (χ0n) is 21.9. The molecule has 0 radical (unpaired) electrons. The van der Waals surface area contributed by atoms with Crippen molar-refractivity contribution in [2.45, 2.75) is 39.4 Å². The minimum atomic E-state index is -4.17. The van der Waals surface area contributed by atoms with E-state index in [1.54, 1.807) is 40.2 Å². The highest BCUT2D eigenvalue weighted by Gasteiger charge is 2.51. The standard InChI is InChI=1S/C25H29FN7O5P/c1-12(2)37-39(34,35)38-20-5-14-10-33(11-18(14)20)24-21-17-6-15(26)7-19(27-4)22(17)30-23(21)31-25(32-24)36-16-8-28-13(3)29-9-16/h6-9,12,14,18,20,27H,5,10-11H2,1-4H3,(H,34,35)(H,30,31,32). The molecule has 2 fully saturated rings. The monoisotopic (exact) mass is 557 g/mol. The van der Waals surface area contributed by atoms with E-state index in [1.807, 2.05) is 0 Å². The number of nitrogens with one attached hydrogen (secondary N) is 2. The number of hydrogen-bond acceptors (Lipinski definition) is 10. The van der Waals surface area contributed by atoms with E-state index in [0.717, 1.165) is 0 Å². The topological polar surface area (TPSA) is 148 Å². The van der Waals surface area contributed by atoms with Crippen LogP contribution < -0.4 is 15.0 Å². The Morgan fingerprint density at radius 2 is 2.00 bits per heavy atom. The number of benzene rings is 1. The van der Waals surface area contributed by atoms with Gasteiger partial charge in [0.2, 0.25) is 0 Å². The van der Waals surface area contributed by atoms with Gasteiger partial charge in [0.1, 0.15) is 23.1 Å². The molecule has 1 saturated carbocycles. The molecule has 4 heterocycles. The third-order valence-corrected chi connectivity index (χ3v) is 8.36. The summed E-state index contributed by atoms with van der Waals surface area (Å²) in [6.07, 6.45) is 2.86. The number of rotatable bonds is 8. The van der Waals surface area contributed by atoms with E-state index in [-0.39, 0.29) is 17.8 Å². The zero-order valence-corrected chi connectivity index (χ0v) is 22.8. The average Bonchev–Trinajstić information content (AvgIpc) is 3.40. The van der Waals surface area contributed by atoms with Crippen molar-refractivity contribution in [2.24, 2.45) is 11.8 Å². The third kappa shape index (κ3) is 4.91. The summed E-state index contributed by atoms with van der Waals surface area (Å²) in [4.78, 5) is 33.1. The Labute approximate surface area is 223 Å². The molecule has 4 unspecified atom stereocenters. The van der Waals surface area contributed by atoms with Gasteiger partial charge in [-0.05, 0) is 45.2 Å². The molecule has 1 aliphatic carbocycles. The van der Waals surface area contributed by atoms with Crippen molar-refractivity contribution in [3.05, 3.63) is 36.2 Å². The number of phosphoric acid groups is 1. The molecule has 4 aromatic rings. The Hall–Kier alpha value is -3.38. The molecule has 12 nitrogen and oxygen atoms in total. The molecule has 3 N–H and O–H groups in total. The van der Waals surface area contributed by atoms with Crippen molar-refractivity contribution >= 4 is 41.3 Å². The van der Waals surface area contributed by atoms with Crippen LogP contribution in [0.1, 0.15) is 26.1 Å². The zero-order chi connectivity index (χ0) is 27.5. The summed E-state index contributed by atoms with van der Waals surface area (Å²) >= 11 is 0. The second-order valence-corrected chi connectivity index (χ2v) is 11.6. The molecule has 0 amide bonds.